The van der Waals surface area contributed by atoms with Gasteiger partial charge in [0.2, 0.25) is 0 Å². The summed E-state index contributed by atoms with van der Waals surface area (Å²) in [5.74, 6) is 0.997. The van der Waals surface area contributed by atoms with Gasteiger partial charge in [-0.25, -0.2) is 9.50 Å². The summed E-state index contributed by atoms with van der Waals surface area (Å²) < 4.78 is 1.86. The summed E-state index contributed by atoms with van der Waals surface area (Å²) in [5, 5.41) is 17.3. The van der Waals surface area contributed by atoms with Crippen molar-refractivity contribution in [1.29, 1.82) is 0 Å². The van der Waals surface area contributed by atoms with Gasteiger partial charge in [-0.05, 0) is 44.0 Å². The number of benzene rings is 1. The molecule has 1 aromatic carbocycles. The van der Waals surface area contributed by atoms with Crippen molar-refractivity contribution in [2.45, 2.75) is 20.8 Å². The molecule has 0 saturated heterocycles. The van der Waals surface area contributed by atoms with Crippen LogP contribution in [0.3, 0.4) is 0 Å². The standard InChI is InChI=1S/C15H16N4O/c1-9-4-5-12(7-13(9)20)18-15-14-10(2)6-11(3)19(14)17-8-16-15/h4-8,20H,1-3H3,(H,16,17,18). The van der Waals surface area contributed by atoms with Crippen molar-refractivity contribution < 1.29 is 5.11 Å². The van der Waals surface area contributed by atoms with Crippen LogP contribution in [0.1, 0.15) is 16.8 Å². The summed E-state index contributed by atoms with van der Waals surface area (Å²) in [5.41, 5.74) is 4.77. The lowest BCUT2D eigenvalue weighted by Gasteiger charge is -2.09. The van der Waals surface area contributed by atoms with Crippen LogP contribution in [0.2, 0.25) is 0 Å². The fourth-order valence-electron chi connectivity index (χ4n) is 2.33. The molecule has 20 heavy (non-hydrogen) atoms. The van der Waals surface area contributed by atoms with E-state index in [2.05, 4.69) is 21.5 Å². The highest BCUT2D eigenvalue weighted by molar-refractivity contribution is 5.77. The number of phenolic OH excluding ortho intramolecular Hbond substituents is 1. The van der Waals surface area contributed by atoms with Crippen LogP contribution < -0.4 is 5.32 Å². The highest BCUT2D eigenvalue weighted by atomic mass is 16.3. The largest absolute Gasteiger partial charge is 0.508 e. The Morgan fingerprint density at radius 3 is 2.65 bits per heavy atom. The first-order chi connectivity index (χ1) is 9.56. The fraction of sp³-hybridized carbons (Fsp3) is 0.200. The van der Waals surface area contributed by atoms with E-state index in [1.54, 1.807) is 6.07 Å². The Morgan fingerprint density at radius 1 is 1.10 bits per heavy atom. The quantitative estimate of drug-likeness (QED) is 0.749. The minimum atomic E-state index is 0.267. The molecule has 0 spiro atoms. The fourth-order valence-corrected chi connectivity index (χ4v) is 2.33. The summed E-state index contributed by atoms with van der Waals surface area (Å²) in [7, 11) is 0. The number of nitrogens with zero attached hydrogens (tertiary/aromatic N) is 3. The van der Waals surface area contributed by atoms with Gasteiger partial charge in [0.15, 0.2) is 5.82 Å². The molecule has 2 N–H and O–H groups in total. The van der Waals surface area contributed by atoms with Crippen molar-refractivity contribution in [3.8, 4) is 5.75 Å². The minimum absolute atomic E-state index is 0.267. The summed E-state index contributed by atoms with van der Waals surface area (Å²) in [6.07, 6.45) is 1.52. The molecule has 0 radical (unpaired) electrons. The monoisotopic (exact) mass is 268 g/mol. The third kappa shape index (κ3) is 1.97. The third-order valence-electron chi connectivity index (χ3n) is 3.39. The van der Waals surface area contributed by atoms with E-state index in [9.17, 15) is 5.11 Å². The maximum atomic E-state index is 9.77. The summed E-state index contributed by atoms with van der Waals surface area (Å²) in [6, 6.07) is 7.55. The first-order valence-corrected chi connectivity index (χ1v) is 6.43. The second-order valence-electron chi connectivity index (χ2n) is 4.96. The highest BCUT2D eigenvalue weighted by Gasteiger charge is 2.10. The van der Waals surface area contributed by atoms with Gasteiger partial charge in [-0.1, -0.05) is 6.07 Å². The molecule has 5 heteroatoms. The molecular weight excluding hydrogens is 252 g/mol. The molecule has 3 rings (SSSR count). The number of aromatic hydroxyl groups is 1. The van der Waals surface area contributed by atoms with Crippen LogP contribution in [0.4, 0.5) is 11.5 Å². The van der Waals surface area contributed by atoms with E-state index >= 15 is 0 Å². The average molecular weight is 268 g/mol. The second kappa shape index (κ2) is 4.52. The number of hydrogen-bond acceptors (Lipinski definition) is 4. The van der Waals surface area contributed by atoms with Crippen LogP contribution in [-0.4, -0.2) is 19.7 Å². The van der Waals surface area contributed by atoms with Gasteiger partial charge in [0.25, 0.3) is 0 Å². The molecule has 0 bridgehead atoms. The van der Waals surface area contributed by atoms with E-state index in [4.69, 9.17) is 0 Å². The topological polar surface area (TPSA) is 62.5 Å². The molecule has 5 nitrogen and oxygen atoms in total. The van der Waals surface area contributed by atoms with Gasteiger partial charge < -0.3 is 10.4 Å². The maximum absolute atomic E-state index is 9.77. The lowest BCUT2D eigenvalue weighted by molar-refractivity contribution is 0.471. The van der Waals surface area contributed by atoms with Crippen molar-refractivity contribution in [2.75, 3.05) is 5.32 Å². The van der Waals surface area contributed by atoms with E-state index in [1.165, 1.54) is 6.33 Å². The van der Waals surface area contributed by atoms with Gasteiger partial charge in [0, 0.05) is 17.4 Å². The number of phenols is 1. The van der Waals surface area contributed by atoms with Crippen LogP contribution in [0.25, 0.3) is 5.52 Å². The Labute approximate surface area is 116 Å². The summed E-state index contributed by atoms with van der Waals surface area (Å²) in [6.45, 7) is 5.90. The van der Waals surface area contributed by atoms with Gasteiger partial charge in [-0.2, -0.15) is 5.10 Å². The first-order valence-electron chi connectivity index (χ1n) is 6.43. The van der Waals surface area contributed by atoms with Gasteiger partial charge in [0.1, 0.15) is 17.6 Å². The Balaban J connectivity index is 2.08. The zero-order valence-electron chi connectivity index (χ0n) is 11.7. The molecule has 0 aliphatic rings. The average Bonchev–Trinajstić information content (AvgIpc) is 2.71. The molecule has 0 unspecified atom stereocenters. The minimum Gasteiger partial charge on any atom is -0.508 e. The highest BCUT2D eigenvalue weighted by Crippen LogP contribution is 2.27. The van der Waals surface area contributed by atoms with Gasteiger partial charge in [-0.3, -0.25) is 0 Å². The Kier molecular flexibility index (Phi) is 2.82. The number of aromatic nitrogens is 3. The van der Waals surface area contributed by atoms with E-state index in [0.717, 1.165) is 33.8 Å². The zero-order chi connectivity index (χ0) is 14.3. The summed E-state index contributed by atoms with van der Waals surface area (Å²) >= 11 is 0. The van der Waals surface area contributed by atoms with Crippen molar-refractivity contribution in [1.82, 2.24) is 14.6 Å². The lowest BCUT2D eigenvalue weighted by Crippen LogP contribution is -2.01. The molecule has 0 saturated carbocycles. The molecule has 2 aromatic heterocycles. The van der Waals surface area contributed by atoms with Crippen molar-refractivity contribution in [2.24, 2.45) is 0 Å². The van der Waals surface area contributed by atoms with E-state index in [1.807, 2.05) is 37.4 Å². The van der Waals surface area contributed by atoms with Crippen molar-refractivity contribution in [3.05, 3.63) is 47.4 Å². The van der Waals surface area contributed by atoms with Crippen LogP contribution in [0, 0.1) is 20.8 Å². The van der Waals surface area contributed by atoms with Gasteiger partial charge >= 0.3 is 0 Å². The number of hydrogen-bond donors (Lipinski definition) is 2. The van der Waals surface area contributed by atoms with Gasteiger partial charge in [0.05, 0.1) is 0 Å². The number of fused-ring (bicyclic) bond motifs is 1. The van der Waals surface area contributed by atoms with Gasteiger partial charge in [-0.15, -0.1) is 0 Å². The molecule has 2 heterocycles. The first kappa shape index (κ1) is 12.5. The molecule has 0 aliphatic heterocycles. The molecule has 0 atom stereocenters. The second-order valence-corrected chi connectivity index (χ2v) is 4.96. The normalized spacial score (nSPS) is 10.9. The molecule has 0 amide bonds. The number of anilines is 2. The lowest BCUT2D eigenvalue weighted by atomic mass is 10.2. The maximum Gasteiger partial charge on any atom is 0.158 e. The van der Waals surface area contributed by atoms with Crippen molar-refractivity contribution >= 4 is 17.0 Å². The predicted octanol–water partition coefficient (Wildman–Crippen LogP) is 3.10. The van der Waals surface area contributed by atoms with Crippen LogP contribution in [0.15, 0.2) is 30.6 Å². The van der Waals surface area contributed by atoms with E-state index in [0.29, 0.717) is 0 Å². The van der Waals surface area contributed by atoms with E-state index < -0.39 is 0 Å². The Hall–Kier alpha value is -2.56. The summed E-state index contributed by atoms with van der Waals surface area (Å²) in [4.78, 5) is 4.30. The zero-order valence-corrected chi connectivity index (χ0v) is 11.7. The molecule has 0 aliphatic carbocycles. The number of aryl methyl sites for hydroxylation is 3. The number of nitrogens with one attached hydrogen (secondary N) is 1. The molecule has 0 fully saturated rings. The SMILES string of the molecule is Cc1ccc(Nc2ncnn3c(C)cc(C)c23)cc1O. The number of rotatable bonds is 2. The van der Waals surface area contributed by atoms with E-state index in [-0.39, 0.29) is 5.75 Å². The Bertz CT molecular complexity index is 792. The predicted molar refractivity (Wildman–Crippen MR) is 78.6 cm³/mol. The Morgan fingerprint density at radius 2 is 1.90 bits per heavy atom. The smallest absolute Gasteiger partial charge is 0.158 e. The third-order valence-corrected chi connectivity index (χ3v) is 3.39. The molecular formula is C15H16N4O. The van der Waals surface area contributed by atoms with Crippen LogP contribution in [-0.2, 0) is 0 Å². The van der Waals surface area contributed by atoms with Crippen molar-refractivity contribution in [3.63, 3.8) is 0 Å². The molecule has 102 valence electrons. The molecule has 3 aromatic rings. The van der Waals surface area contributed by atoms with Crippen LogP contribution in [0.5, 0.6) is 5.75 Å². The van der Waals surface area contributed by atoms with Crippen LogP contribution >= 0.6 is 0 Å².